The topological polar surface area (TPSA) is 29.3 Å². The summed E-state index contributed by atoms with van der Waals surface area (Å²) in [6.07, 6.45) is 3.88. The van der Waals surface area contributed by atoms with E-state index in [1.54, 1.807) is 0 Å². The van der Waals surface area contributed by atoms with Gasteiger partial charge in [-0.3, -0.25) is 4.90 Å². The van der Waals surface area contributed by atoms with Gasteiger partial charge in [0.2, 0.25) is 0 Å². The maximum Gasteiger partial charge on any atom is 0.0555 e. The number of hydrogen-bond donors (Lipinski definition) is 1. The number of likely N-dealkylation sites (tertiary alicyclic amines) is 1. The standard InChI is InChI=1S/C17H24N2/c1-3-17-11-10-14(2)19(17)13-16-8-5-4-7-15(16)9-6-12-18/h4-5,7-8,14,17H,3,10-13,18H2,1-2H3. The molecule has 0 amide bonds. The van der Waals surface area contributed by atoms with E-state index in [0.29, 0.717) is 12.6 Å². The van der Waals surface area contributed by atoms with Gasteiger partial charge in [-0.05, 0) is 37.8 Å². The Morgan fingerprint density at radius 1 is 1.32 bits per heavy atom. The summed E-state index contributed by atoms with van der Waals surface area (Å²) in [6, 6.07) is 9.85. The molecule has 102 valence electrons. The summed E-state index contributed by atoms with van der Waals surface area (Å²) >= 11 is 0. The highest BCUT2D eigenvalue weighted by atomic mass is 15.2. The molecule has 0 aromatic heterocycles. The number of rotatable bonds is 3. The van der Waals surface area contributed by atoms with Gasteiger partial charge >= 0.3 is 0 Å². The van der Waals surface area contributed by atoms with Crippen molar-refractivity contribution in [1.82, 2.24) is 4.90 Å². The first-order chi connectivity index (χ1) is 9.26. The normalized spacial score (nSPS) is 23.1. The number of nitrogens with zero attached hydrogens (tertiary/aromatic N) is 1. The molecule has 2 heteroatoms. The average molecular weight is 256 g/mol. The largest absolute Gasteiger partial charge is 0.320 e. The van der Waals surface area contributed by atoms with Crippen molar-refractivity contribution in [3.8, 4) is 11.8 Å². The second-order valence-corrected chi connectivity index (χ2v) is 5.32. The lowest BCUT2D eigenvalue weighted by Crippen LogP contribution is -2.33. The monoisotopic (exact) mass is 256 g/mol. The van der Waals surface area contributed by atoms with Crippen LogP contribution in [-0.4, -0.2) is 23.5 Å². The van der Waals surface area contributed by atoms with Crippen LogP contribution in [0.25, 0.3) is 0 Å². The molecule has 1 aromatic rings. The predicted molar refractivity (Wildman–Crippen MR) is 80.7 cm³/mol. The second kappa shape index (κ2) is 6.75. The van der Waals surface area contributed by atoms with Crippen LogP contribution in [0, 0.1) is 11.8 Å². The molecule has 2 atom stereocenters. The quantitative estimate of drug-likeness (QED) is 0.843. The highest BCUT2D eigenvalue weighted by Gasteiger charge is 2.29. The van der Waals surface area contributed by atoms with E-state index in [4.69, 9.17) is 5.73 Å². The zero-order chi connectivity index (χ0) is 13.7. The average Bonchev–Trinajstić information content (AvgIpc) is 2.79. The second-order valence-electron chi connectivity index (χ2n) is 5.32. The maximum atomic E-state index is 5.47. The molecule has 1 aromatic carbocycles. The van der Waals surface area contributed by atoms with Crippen LogP contribution < -0.4 is 5.73 Å². The van der Waals surface area contributed by atoms with E-state index in [1.807, 2.05) is 0 Å². The third-order valence-electron chi connectivity index (χ3n) is 4.12. The van der Waals surface area contributed by atoms with Gasteiger partial charge in [-0.1, -0.05) is 37.0 Å². The van der Waals surface area contributed by atoms with Crippen molar-refractivity contribution in [1.29, 1.82) is 0 Å². The summed E-state index contributed by atoms with van der Waals surface area (Å²) in [5.41, 5.74) is 7.93. The van der Waals surface area contributed by atoms with Crippen molar-refractivity contribution in [2.24, 2.45) is 5.73 Å². The van der Waals surface area contributed by atoms with E-state index >= 15 is 0 Å². The molecule has 0 radical (unpaired) electrons. The van der Waals surface area contributed by atoms with Gasteiger partial charge in [0.15, 0.2) is 0 Å². The Labute approximate surface area is 117 Å². The Kier molecular flexibility index (Phi) is 5.01. The SMILES string of the molecule is CCC1CCC(C)N1Cc1ccccc1C#CCN. The fourth-order valence-corrected chi connectivity index (χ4v) is 2.97. The Balaban J connectivity index is 2.18. The van der Waals surface area contributed by atoms with E-state index < -0.39 is 0 Å². The van der Waals surface area contributed by atoms with Crippen LogP contribution in [0.15, 0.2) is 24.3 Å². The molecule has 0 aliphatic carbocycles. The fraction of sp³-hybridized carbons (Fsp3) is 0.529. The number of benzene rings is 1. The number of hydrogen-bond acceptors (Lipinski definition) is 2. The fourth-order valence-electron chi connectivity index (χ4n) is 2.97. The molecule has 0 spiro atoms. The minimum absolute atomic E-state index is 0.423. The first-order valence-electron chi connectivity index (χ1n) is 7.28. The molecular weight excluding hydrogens is 232 g/mol. The summed E-state index contributed by atoms with van der Waals surface area (Å²) < 4.78 is 0. The zero-order valence-corrected chi connectivity index (χ0v) is 12.0. The molecule has 2 rings (SSSR count). The van der Waals surface area contributed by atoms with Crippen LogP contribution in [0.3, 0.4) is 0 Å². The zero-order valence-electron chi connectivity index (χ0n) is 12.0. The Bertz CT molecular complexity index is 470. The van der Waals surface area contributed by atoms with E-state index in [1.165, 1.54) is 24.8 Å². The van der Waals surface area contributed by atoms with Crippen molar-refractivity contribution in [2.75, 3.05) is 6.54 Å². The van der Waals surface area contributed by atoms with Crippen molar-refractivity contribution >= 4 is 0 Å². The summed E-state index contributed by atoms with van der Waals surface area (Å²) in [6.45, 7) is 6.06. The van der Waals surface area contributed by atoms with E-state index in [0.717, 1.165) is 18.2 Å². The molecule has 2 unspecified atom stereocenters. The molecule has 1 aliphatic heterocycles. The lowest BCUT2D eigenvalue weighted by molar-refractivity contribution is 0.189. The van der Waals surface area contributed by atoms with Gasteiger partial charge in [-0.2, -0.15) is 0 Å². The summed E-state index contributed by atoms with van der Waals surface area (Å²) in [4.78, 5) is 2.63. The van der Waals surface area contributed by atoms with Gasteiger partial charge < -0.3 is 5.73 Å². The molecule has 1 heterocycles. The third-order valence-corrected chi connectivity index (χ3v) is 4.12. The lowest BCUT2D eigenvalue weighted by Gasteiger charge is -2.28. The number of nitrogens with two attached hydrogens (primary N) is 1. The minimum atomic E-state index is 0.423. The van der Waals surface area contributed by atoms with Gasteiger partial charge in [0.05, 0.1) is 6.54 Å². The van der Waals surface area contributed by atoms with Crippen LogP contribution in [0.1, 0.15) is 44.2 Å². The molecule has 19 heavy (non-hydrogen) atoms. The van der Waals surface area contributed by atoms with E-state index in [9.17, 15) is 0 Å². The molecule has 0 bridgehead atoms. The van der Waals surface area contributed by atoms with Crippen molar-refractivity contribution in [3.63, 3.8) is 0 Å². The van der Waals surface area contributed by atoms with Gasteiger partial charge in [0, 0.05) is 24.2 Å². The third kappa shape index (κ3) is 3.37. The molecule has 0 saturated carbocycles. The van der Waals surface area contributed by atoms with Crippen molar-refractivity contribution in [2.45, 2.75) is 51.7 Å². The highest BCUT2D eigenvalue weighted by Crippen LogP contribution is 2.28. The van der Waals surface area contributed by atoms with Crippen molar-refractivity contribution < 1.29 is 0 Å². The van der Waals surface area contributed by atoms with Gasteiger partial charge in [0.25, 0.3) is 0 Å². The van der Waals surface area contributed by atoms with Crippen LogP contribution in [0.5, 0.6) is 0 Å². The van der Waals surface area contributed by atoms with Crippen LogP contribution in [-0.2, 0) is 6.54 Å². The summed E-state index contributed by atoms with van der Waals surface area (Å²) in [5, 5.41) is 0. The molecule has 2 N–H and O–H groups in total. The maximum absolute atomic E-state index is 5.47. The highest BCUT2D eigenvalue weighted by molar-refractivity contribution is 5.41. The van der Waals surface area contributed by atoms with Crippen molar-refractivity contribution in [3.05, 3.63) is 35.4 Å². The van der Waals surface area contributed by atoms with E-state index in [-0.39, 0.29) is 0 Å². The Morgan fingerprint density at radius 2 is 2.11 bits per heavy atom. The first kappa shape index (κ1) is 14.1. The van der Waals surface area contributed by atoms with Crippen LogP contribution >= 0.6 is 0 Å². The predicted octanol–water partition coefficient (Wildman–Crippen LogP) is 2.76. The van der Waals surface area contributed by atoms with Gasteiger partial charge in [0.1, 0.15) is 0 Å². The molecular formula is C17H24N2. The molecule has 1 saturated heterocycles. The Morgan fingerprint density at radius 3 is 2.84 bits per heavy atom. The Hall–Kier alpha value is -1.30. The van der Waals surface area contributed by atoms with Gasteiger partial charge in [-0.15, -0.1) is 0 Å². The minimum Gasteiger partial charge on any atom is -0.320 e. The van der Waals surface area contributed by atoms with E-state index in [2.05, 4.69) is 54.9 Å². The smallest absolute Gasteiger partial charge is 0.0555 e. The molecule has 1 aliphatic rings. The lowest BCUT2D eigenvalue weighted by atomic mass is 10.1. The molecule has 1 fully saturated rings. The van der Waals surface area contributed by atoms with Gasteiger partial charge in [-0.25, -0.2) is 0 Å². The molecule has 2 nitrogen and oxygen atoms in total. The first-order valence-corrected chi connectivity index (χ1v) is 7.28. The summed E-state index contributed by atoms with van der Waals surface area (Å²) in [7, 11) is 0. The van der Waals surface area contributed by atoms with Crippen LogP contribution in [0.4, 0.5) is 0 Å². The summed E-state index contributed by atoms with van der Waals surface area (Å²) in [5.74, 6) is 6.16. The van der Waals surface area contributed by atoms with Crippen LogP contribution in [0.2, 0.25) is 0 Å².